The van der Waals surface area contributed by atoms with Crippen LogP contribution in [0.15, 0.2) is 59.9 Å². The van der Waals surface area contributed by atoms with Crippen LogP contribution in [0.2, 0.25) is 0 Å². The number of benzene rings is 1. The Balaban J connectivity index is 1.43. The van der Waals surface area contributed by atoms with Gasteiger partial charge in [0.15, 0.2) is 10.8 Å². The van der Waals surface area contributed by atoms with Crippen molar-refractivity contribution in [1.82, 2.24) is 19.5 Å². The normalized spacial score (nSPS) is 18.9. The van der Waals surface area contributed by atoms with Crippen molar-refractivity contribution in [3.05, 3.63) is 60.3 Å². The number of pyridine rings is 1. The number of thioether (sulfide) groups is 1. The summed E-state index contributed by atoms with van der Waals surface area (Å²) < 4.78 is 7.75. The summed E-state index contributed by atoms with van der Waals surface area (Å²) in [6, 6.07) is 17.0. The van der Waals surface area contributed by atoms with Crippen molar-refractivity contribution in [2.45, 2.75) is 17.7 Å². The van der Waals surface area contributed by atoms with E-state index in [1.807, 2.05) is 28.8 Å². The quantitative estimate of drug-likeness (QED) is 0.668. The SMILES string of the molecule is c1ccc(CN2CCOCC2CSc2nnc3ccccn23)cc1. The molecule has 4 rings (SSSR count). The van der Waals surface area contributed by atoms with E-state index in [9.17, 15) is 0 Å². The summed E-state index contributed by atoms with van der Waals surface area (Å²) in [5, 5.41) is 9.46. The van der Waals surface area contributed by atoms with E-state index in [1.165, 1.54) is 5.56 Å². The van der Waals surface area contributed by atoms with E-state index in [4.69, 9.17) is 4.74 Å². The van der Waals surface area contributed by atoms with Crippen molar-refractivity contribution in [3.63, 3.8) is 0 Å². The van der Waals surface area contributed by atoms with Gasteiger partial charge in [-0.25, -0.2) is 0 Å². The molecule has 124 valence electrons. The lowest BCUT2D eigenvalue weighted by molar-refractivity contribution is -0.00257. The zero-order valence-corrected chi connectivity index (χ0v) is 14.2. The van der Waals surface area contributed by atoms with E-state index in [0.717, 1.165) is 42.9 Å². The summed E-state index contributed by atoms with van der Waals surface area (Å²) in [5.74, 6) is 0.947. The van der Waals surface area contributed by atoms with Crippen molar-refractivity contribution in [3.8, 4) is 0 Å². The highest BCUT2D eigenvalue weighted by Crippen LogP contribution is 2.22. The third-order valence-electron chi connectivity index (χ3n) is 4.27. The molecule has 0 spiro atoms. The number of ether oxygens (including phenoxy) is 1. The molecule has 1 unspecified atom stereocenters. The van der Waals surface area contributed by atoms with Crippen molar-refractivity contribution in [2.75, 3.05) is 25.5 Å². The molecule has 0 saturated carbocycles. The van der Waals surface area contributed by atoms with Gasteiger partial charge in [-0.3, -0.25) is 9.30 Å². The highest BCUT2D eigenvalue weighted by atomic mass is 32.2. The number of morpholine rings is 1. The smallest absolute Gasteiger partial charge is 0.195 e. The molecule has 0 amide bonds. The fourth-order valence-electron chi connectivity index (χ4n) is 2.96. The molecule has 0 bridgehead atoms. The number of hydrogen-bond acceptors (Lipinski definition) is 5. The van der Waals surface area contributed by atoms with E-state index in [0.29, 0.717) is 6.04 Å². The Kier molecular flexibility index (Phi) is 4.78. The number of aromatic nitrogens is 3. The molecule has 3 aromatic rings. The zero-order valence-electron chi connectivity index (χ0n) is 13.4. The van der Waals surface area contributed by atoms with Gasteiger partial charge in [-0.05, 0) is 17.7 Å². The van der Waals surface area contributed by atoms with Crippen LogP contribution in [-0.4, -0.2) is 51.1 Å². The molecule has 6 heteroatoms. The summed E-state index contributed by atoms with van der Waals surface area (Å²) in [7, 11) is 0. The lowest BCUT2D eigenvalue weighted by Gasteiger charge is -2.35. The van der Waals surface area contributed by atoms with Crippen LogP contribution in [0.5, 0.6) is 0 Å². The minimum atomic E-state index is 0.389. The van der Waals surface area contributed by atoms with Gasteiger partial charge < -0.3 is 4.74 Å². The number of fused-ring (bicyclic) bond motifs is 1. The molecule has 0 aliphatic carbocycles. The molecular formula is C18H20N4OS. The van der Waals surface area contributed by atoms with Crippen LogP contribution in [0.3, 0.4) is 0 Å². The first-order chi connectivity index (χ1) is 11.9. The molecule has 2 aromatic heterocycles. The van der Waals surface area contributed by atoms with Gasteiger partial charge in [-0.2, -0.15) is 0 Å². The summed E-state index contributed by atoms with van der Waals surface area (Å²) in [6.45, 7) is 3.52. The summed E-state index contributed by atoms with van der Waals surface area (Å²) in [4.78, 5) is 2.51. The zero-order chi connectivity index (χ0) is 16.2. The highest BCUT2D eigenvalue weighted by molar-refractivity contribution is 7.99. The van der Waals surface area contributed by atoms with Crippen LogP contribution in [0.25, 0.3) is 5.65 Å². The van der Waals surface area contributed by atoms with Crippen molar-refractivity contribution in [2.24, 2.45) is 0 Å². The van der Waals surface area contributed by atoms with Crippen molar-refractivity contribution >= 4 is 17.4 Å². The van der Waals surface area contributed by atoms with E-state index in [2.05, 4.69) is 45.4 Å². The second-order valence-electron chi connectivity index (χ2n) is 5.91. The molecule has 3 heterocycles. The minimum Gasteiger partial charge on any atom is -0.378 e. The first kappa shape index (κ1) is 15.6. The monoisotopic (exact) mass is 340 g/mol. The van der Waals surface area contributed by atoms with Gasteiger partial charge in [0.05, 0.1) is 13.2 Å². The van der Waals surface area contributed by atoms with Crippen LogP contribution >= 0.6 is 11.8 Å². The van der Waals surface area contributed by atoms with Gasteiger partial charge >= 0.3 is 0 Å². The van der Waals surface area contributed by atoms with Crippen molar-refractivity contribution < 1.29 is 4.74 Å². The average molecular weight is 340 g/mol. The van der Waals surface area contributed by atoms with Gasteiger partial charge in [-0.15, -0.1) is 10.2 Å². The van der Waals surface area contributed by atoms with Crippen LogP contribution in [0, 0.1) is 0 Å². The second-order valence-corrected chi connectivity index (χ2v) is 6.89. The second kappa shape index (κ2) is 7.34. The predicted molar refractivity (Wildman–Crippen MR) is 95.2 cm³/mol. The van der Waals surface area contributed by atoms with E-state index >= 15 is 0 Å². The standard InChI is InChI=1S/C18H20N4OS/c1-2-6-15(7-3-1)12-21-10-11-23-13-16(21)14-24-18-20-19-17-8-4-5-9-22(17)18/h1-9,16H,10-14H2. The largest absolute Gasteiger partial charge is 0.378 e. The Bertz CT molecular complexity index is 792. The fourth-order valence-corrected chi connectivity index (χ4v) is 4.00. The third kappa shape index (κ3) is 3.45. The minimum absolute atomic E-state index is 0.389. The molecule has 1 aromatic carbocycles. The Morgan fingerprint density at radius 2 is 1.96 bits per heavy atom. The van der Waals surface area contributed by atoms with Gasteiger partial charge in [0.25, 0.3) is 0 Å². The molecule has 1 fully saturated rings. The first-order valence-corrected chi connectivity index (χ1v) is 9.17. The number of rotatable bonds is 5. The summed E-state index contributed by atoms with van der Waals surface area (Å²) >= 11 is 1.75. The first-order valence-electron chi connectivity index (χ1n) is 8.18. The average Bonchev–Trinajstić information content (AvgIpc) is 3.05. The van der Waals surface area contributed by atoms with Crippen LogP contribution < -0.4 is 0 Å². The lowest BCUT2D eigenvalue weighted by Crippen LogP contribution is -2.46. The van der Waals surface area contributed by atoms with Crippen molar-refractivity contribution in [1.29, 1.82) is 0 Å². The molecule has 1 saturated heterocycles. The molecule has 0 radical (unpaired) electrons. The van der Waals surface area contributed by atoms with E-state index < -0.39 is 0 Å². The Hall–Kier alpha value is -1.89. The Morgan fingerprint density at radius 3 is 2.88 bits per heavy atom. The lowest BCUT2D eigenvalue weighted by atomic mass is 10.1. The molecule has 1 atom stereocenters. The van der Waals surface area contributed by atoms with Crippen LogP contribution in [0.4, 0.5) is 0 Å². The topological polar surface area (TPSA) is 42.7 Å². The molecular weight excluding hydrogens is 320 g/mol. The number of nitrogens with zero attached hydrogens (tertiary/aromatic N) is 4. The highest BCUT2D eigenvalue weighted by Gasteiger charge is 2.24. The van der Waals surface area contributed by atoms with Crippen LogP contribution in [-0.2, 0) is 11.3 Å². The van der Waals surface area contributed by atoms with Crippen LogP contribution in [0.1, 0.15) is 5.56 Å². The predicted octanol–water partition coefficient (Wildman–Crippen LogP) is 2.72. The van der Waals surface area contributed by atoms with Gasteiger partial charge in [0, 0.05) is 31.1 Å². The molecule has 0 N–H and O–H groups in total. The number of hydrogen-bond donors (Lipinski definition) is 0. The summed E-state index contributed by atoms with van der Waals surface area (Å²) in [6.07, 6.45) is 2.01. The maximum Gasteiger partial charge on any atom is 0.195 e. The van der Waals surface area contributed by atoms with E-state index in [-0.39, 0.29) is 0 Å². The fraction of sp³-hybridized carbons (Fsp3) is 0.333. The van der Waals surface area contributed by atoms with Gasteiger partial charge in [0.1, 0.15) is 0 Å². The van der Waals surface area contributed by atoms with Gasteiger partial charge in [-0.1, -0.05) is 48.2 Å². The Labute approximate surface area is 145 Å². The summed E-state index contributed by atoms with van der Waals surface area (Å²) in [5.41, 5.74) is 2.24. The Morgan fingerprint density at radius 1 is 1.08 bits per heavy atom. The molecule has 24 heavy (non-hydrogen) atoms. The molecule has 1 aliphatic heterocycles. The molecule has 5 nitrogen and oxygen atoms in total. The van der Waals surface area contributed by atoms with E-state index in [1.54, 1.807) is 11.8 Å². The maximum absolute atomic E-state index is 5.71. The van der Waals surface area contributed by atoms with Gasteiger partial charge in [0.2, 0.25) is 0 Å². The third-order valence-corrected chi connectivity index (χ3v) is 5.35. The maximum atomic E-state index is 5.71. The molecule has 1 aliphatic rings.